The molecular weight excluding hydrogens is 319 g/mol. The van der Waals surface area contributed by atoms with Crippen molar-refractivity contribution in [3.63, 3.8) is 0 Å². The standard InChI is InChI=1S/C20H23FN2O2/c1-16-4-2-7-19(12-16)25-15-20(24)23-10-8-22(9-11-23)14-17-5-3-6-18(21)13-17/h2-7,12-13H,8-11,14-15H2,1H3/p+1. The Labute approximate surface area is 147 Å². The fourth-order valence-corrected chi connectivity index (χ4v) is 3.13. The number of benzene rings is 2. The fourth-order valence-electron chi connectivity index (χ4n) is 3.13. The zero-order valence-corrected chi connectivity index (χ0v) is 14.5. The van der Waals surface area contributed by atoms with Crippen LogP contribution in [-0.2, 0) is 11.3 Å². The third-order valence-electron chi connectivity index (χ3n) is 4.52. The Morgan fingerprint density at radius 1 is 1.16 bits per heavy atom. The molecule has 0 radical (unpaired) electrons. The van der Waals surface area contributed by atoms with E-state index in [2.05, 4.69) is 0 Å². The Kier molecular flexibility index (Phi) is 5.66. The van der Waals surface area contributed by atoms with Crippen molar-refractivity contribution in [2.75, 3.05) is 32.8 Å². The molecule has 1 fully saturated rings. The third-order valence-corrected chi connectivity index (χ3v) is 4.52. The second kappa shape index (κ2) is 8.12. The lowest BCUT2D eigenvalue weighted by Crippen LogP contribution is -3.13. The van der Waals surface area contributed by atoms with Gasteiger partial charge in [0.15, 0.2) is 6.61 Å². The molecule has 25 heavy (non-hydrogen) atoms. The van der Waals surface area contributed by atoms with Crippen molar-refractivity contribution in [1.29, 1.82) is 0 Å². The number of nitrogens with zero attached hydrogens (tertiary/aromatic N) is 1. The van der Waals surface area contributed by atoms with Crippen molar-refractivity contribution < 1.29 is 18.8 Å². The molecule has 0 spiro atoms. The number of rotatable bonds is 5. The van der Waals surface area contributed by atoms with E-state index in [0.717, 1.165) is 36.5 Å². The summed E-state index contributed by atoms with van der Waals surface area (Å²) in [5.41, 5.74) is 2.11. The first-order valence-corrected chi connectivity index (χ1v) is 8.65. The number of carbonyl (C=O) groups is 1. The molecule has 1 heterocycles. The number of carbonyl (C=O) groups excluding carboxylic acids is 1. The van der Waals surface area contributed by atoms with Crippen LogP contribution in [0.4, 0.5) is 4.39 Å². The van der Waals surface area contributed by atoms with Gasteiger partial charge < -0.3 is 14.5 Å². The average Bonchev–Trinajstić information content (AvgIpc) is 2.60. The predicted molar refractivity (Wildman–Crippen MR) is 94.1 cm³/mol. The molecule has 1 amide bonds. The van der Waals surface area contributed by atoms with Gasteiger partial charge in [0.1, 0.15) is 18.1 Å². The molecule has 1 aliphatic rings. The monoisotopic (exact) mass is 343 g/mol. The van der Waals surface area contributed by atoms with E-state index in [-0.39, 0.29) is 18.3 Å². The minimum atomic E-state index is -0.195. The van der Waals surface area contributed by atoms with Crippen LogP contribution in [0.2, 0.25) is 0 Å². The molecule has 1 N–H and O–H groups in total. The number of quaternary nitrogens is 1. The molecule has 0 atom stereocenters. The van der Waals surface area contributed by atoms with Crippen LogP contribution in [0.25, 0.3) is 0 Å². The first-order chi connectivity index (χ1) is 12.1. The molecule has 2 aromatic rings. The van der Waals surface area contributed by atoms with Crippen molar-refractivity contribution in [2.45, 2.75) is 13.5 Å². The Bertz CT molecular complexity index is 727. The first-order valence-electron chi connectivity index (χ1n) is 8.65. The molecule has 0 aromatic heterocycles. The first kappa shape index (κ1) is 17.4. The quantitative estimate of drug-likeness (QED) is 0.891. The van der Waals surface area contributed by atoms with Crippen molar-refractivity contribution in [1.82, 2.24) is 4.90 Å². The van der Waals surface area contributed by atoms with E-state index in [9.17, 15) is 9.18 Å². The van der Waals surface area contributed by atoms with E-state index < -0.39 is 0 Å². The van der Waals surface area contributed by atoms with Crippen LogP contribution in [0.15, 0.2) is 48.5 Å². The maximum atomic E-state index is 13.3. The third kappa shape index (κ3) is 5.03. The second-order valence-electron chi connectivity index (χ2n) is 6.54. The Morgan fingerprint density at radius 3 is 2.64 bits per heavy atom. The van der Waals surface area contributed by atoms with Gasteiger partial charge >= 0.3 is 0 Å². The number of halogens is 1. The van der Waals surface area contributed by atoms with Crippen LogP contribution in [-0.4, -0.2) is 43.6 Å². The van der Waals surface area contributed by atoms with Crippen molar-refractivity contribution >= 4 is 5.91 Å². The summed E-state index contributed by atoms with van der Waals surface area (Å²) in [4.78, 5) is 15.5. The van der Waals surface area contributed by atoms with Crippen molar-refractivity contribution in [3.05, 3.63) is 65.5 Å². The lowest BCUT2D eigenvalue weighted by Gasteiger charge is -2.32. The van der Waals surface area contributed by atoms with Gasteiger partial charge in [-0.2, -0.15) is 0 Å². The molecule has 0 bridgehead atoms. The molecule has 3 rings (SSSR count). The molecule has 0 aliphatic carbocycles. The molecule has 4 nitrogen and oxygen atoms in total. The van der Waals surface area contributed by atoms with Gasteiger partial charge in [0.05, 0.1) is 26.2 Å². The van der Waals surface area contributed by atoms with Gasteiger partial charge in [-0.05, 0) is 36.8 Å². The predicted octanol–water partition coefficient (Wildman–Crippen LogP) is 1.44. The molecule has 0 unspecified atom stereocenters. The molecule has 5 heteroatoms. The van der Waals surface area contributed by atoms with Crippen LogP contribution >= 0.6 is 0 Å². The highest BCUT2D eigenvalue weighted by Crippen LogP contribution is 2.12. The van der Waals surface area contributed by atoms with Gasteiger partial charge in [0.2, 0.25) is 0 Å². The van der Waals surface area contributed by atoms with Gasteiger partial charge in [0.25, 0.3) is 5.91 Å². The van der Waals surface area contributed by atoms with Gasteiger partial charge in [-0.3, -0.25) is 4.79 Å². The van der Waals surface area contributed by atoms with E-state index >= 15 is 0 Å². The van der Waals surface area contributed by atoms with Crippen LogP contribution < -0.4 is 9.64 Å². The minimum absolute atomic E-state index is 0.0197. The Morgan fingerprint density at radius 2 is 1.92 bits per heavy atom. The maximum absolute atomic E-state index is 13.3. The highest BCUT2D eigenvalue weighted by atomic mass is 19.1. The van der Waals surface area contributed by atoms with Crippen LogP contribution in [0.5, 0.6) is 5.75 Å². The number of ether oxygens (including phenoxy) is 1. The zero-order valence-electron chi connectivity index (χ0n) is 14.5. The van der Waals surface area contributed by atoms with Gasteiger partial charge in [0, 0.05) is 5.56 Å². The van der Waals surface area contributed by atoms with Crippen LogP contribution in [0, 0.1) is 12.7 Å². The van der Waals surface area contributed by atoms with E-state index in [1.54, 1.807) is 12.1 Å². The number of hydrogen-bond acceptors (Lipinski definition) is 2. The molecule has 0 saturated carbocycles. The molecule has 1 saturated heterocycles. The Balaban J connectivity index is 1.44. The number of hydrogen-bond donors (Lipinski definition) is 1. The molecule has 132 valence electrons. The maximum Gasteiger partial charge on any atom is 0.260 e. The van der Waals surface area contributed by atoms with Gasteiger partial charge in [-0.15, -0.1) is 0 Å². The largest absolute Gasteiger partial charge is 0.484 e. The number of piperazine rings is 1. The summed E-state index contributed by atoms with van der Waals surface area (Å²) in [5.74, 6) is 0.550. The van der Waals surface area contributed by atoms with Crippen LogP contribution in [0.3, 0.4) is 0 Å². The molecule has 2 aromatic carbocycles. The summed E-state index contributed by atoms with van der Waals surface area (Å²) in [6.07, 6.45) is 0. The number of nitrogens with one attached hydrogen (secondary N) is 1. The van der Waals surface area contributed by atoms with Crippen molar-refractivity contribution in [3.8, 4) is 5.75 Å². The van der Waals surface area contributed by atoms with E-state index in [4.69, 9.17) is 4.74 Å². The number of amides is 1. The number of aryl methyl sites for hydroxylation is 1. The normalized spacial score (nSPS) is 15.2. The summed E-state index contributed by atoms with van der Waals surface area (Å²) in [6.45, 7) is 6.01. The van der Waals surface area contributed by atoms with Crippen LogP contribution in [0.1, 0.15) is 11.1 Å². The lowest BCUT2D eigenvalue weighted by molar-refractivity contribution is -0.917. The molecule has 1 aliphatic heterocycles. The van der Waals surface area contributed by atoms with Gasteiger partial charge in [-0.25, -0.2) is 4.39 Å². The van der Waals surface area contributed by atoms with E-state index in [1.165, 1.54) is 11.0 Å². The SMILES string of the molecule is Cc1cccc(OCC(=O)N2CC[NH+](Cc3cccc(F)c3)CC2)c1. The smallest absolute Gasteiger partial charge is 0.260 e. The van der Waals surface area contributed by atoms with Gasteiger partial charge in [-0.1, -0.05) is 24.3 Å². The fraction of sp³-hybridized carbons (Fsp3) is 0.350. The Hall–Kier alpha value is -2.40. The highest BCUT2D eigenvalue weighted by Gasteiger charge is 2.24. The summed E-state index contributed by atoms with van der Waals surface area (Å²) in [6, 6.07) is 14.4. The summed E-state index contributed by atoms with van der Waals surface area (Å²) < 4.78 is 18.9. The summed E-state index contributed by atoms with van der Waals surface area (Å²) in [7, 11) is 0. The molecular formula is C20H24FN2O2+. The lowest BCUT2D eigenvalue weighted by atomic mass is 10.2. The minimum Gasteiger partial charge on any atom is -0.484 e. The van der Waals surface area contributed by atoms with E-state index in [1.807, 2.05) is 42.2 Å². The second-order valence-corrected chi connectivity index (χ2v) is 6.54. The summed E-state index contributed by atoms with van der Waals surface area (Å²) >= 11 is 0. The van der Waals surface area contributed by atoms with Crippen molar-refractivity contribution in [2.24, 2.45) is 0 Å². The average molecular weight is 343 g/mol. The topological polar surface area (TPSA) is 34.0 Å². The summed E-state index contributed by atoms with van der Waals surface area (Å²) in [5, 5.41) is 0. The van der Waals surface area contributed by atoms with E-state index in [0.29, 0.717) is 13.1 Å². The highest BCUT2D eigenvalue weighted by molar-refractivity contribution is 5.77. The zero-order chi connectivity index (χ0) is 17.6.